The molecule has 2 aromatic rings. The van der Waals surface area contributed by atoms with Gasteiger partial charge in [0, 0.05) is 42.7 Å². The van der Waals surface area contributed by atoms with E-state index in [2.05, 4.69) is 54.1 Å². The molecule has 10 nitrogen and oxygen atoms in total. The third-order valence-corrected chi connectivity index (χ3v) is 14.1. The lowest BCUT2D eigenvalue weighted by molar-refractivity contribution is -0.129. The monoisotopic (exact) mass is 822 g/mol. The Morgan fingerprint density at radius 1 is 1.10 bits per heavy atom. The number of carbonyl (C=O) groups is 1. The van der Waals surface area contributed by atoms with Crippen molar-refractivity contribution in [3.8, 4) is 35.4 Å². The van der Waals surface area contributed by atoms with Crippen molar-refractivity contribution in [1.82, 2.24) is 10.2 Å². The van der Waals surface area contributed by atoms with E-state index < -0.39 is 47.7 Å². The van der Waals surface area contributed by atoms with E-state index in [1.54, 1.807) is 0 Å². The van der Waals surface area contributed by atoms with Crippen LogP contribution in [-0.4, -0.2) is 56.7 Å². The molecule has 1 fully saturated rings. The molecule has 10 heteroatoms. The molecule has 1 saturated carbocycles. The first kappa shape index (κ1) is 41.3. The number of nitrogens with two attached hydrogens (primary N) is 1. The van der Waals surface area contributed by atoms with E-state index in [0.29, 0.717) is 43.7 Å². The quantitative estimate of drug-likeness (QED) is 0.0979. The number of fused-ring (bicyclic) bond motifs is 8. The number of aliphatic imine (C=N–C) groups is 1. The van der Waals surface area contributed by atoms with E-state index in [-0.39, 0.29) is 24.3 Å². The number of nitrogens with one attached hydrogen (secondary N) is 1. The van der Waals surface area contributed by atoms with Gasteiger partial charge in [-0.1, -0.05) is 94.1 Å². The Hall–Kier alpha value is -5.10. The molecule has 5 aliphatic heterocycles. The molecule has 0 radical (unpaired) electrons. The second kappa shape index (κ2) is 17.3. The van der Waals surface area contributed by atoms with Crippen LogP contribution in [0.15, 0.2) is 77.2 Å². The van der Waals surface area contributed by atoms with Gasteiger partial charge in [-0.15, -0.1) is 0 Å². The number of aryl methyl sites for hydroxylation is 1. The van der Waals surface area contributed by atoms with Gasteiger partial charge in [0.2, 0.25) is 0 Å². The summed E-state index contributed by atoms with van der Waals surface area (Å²) in [5.41, 5.74) is 13.6. The van der Waals surface area contributed by atoms with E-state index in [1.807, 2.05) is 61.0 Å². The molecule has 61 heavy (non-hydrogen) atoms. The summed E-state index contributed by atoms with van der Waals surface area (Å²) >= 11 is 0. The lowest BCUT2D eigenvalue weighted by Crippen LogP contribution is -2.47. The van der Waals surface area contributed by atoms with Gasteiger partial charge >= 0.3 is 0 Å². The predicted molar refractivity (Wildman–Crippen MR) is 235 cm³/mol. The minimum Gasteiger partial charge on any atom is -0.465 e. The molecule has 0 saturated heterocycles. The molecule has 0 aromatic heterocycles. The Labute approximate surface area is 359 Å². The number of carbonyl (C=O) groups excluding carboxylic acids is 1. The van der Waals surface area contributed by atoms with Crippen LogP contribution in [0.1, 0.15) is 118 Å². The van der Waals surface area contributed by atoms with Gasteiger partial charge in [0.25, 0.3) is 0 Å². The number of rotatable bonds is 10. The molecule has 6 N–H and O–H groups in total. The molecular weight excluding hydrogens is 765 g/mol. The van der Waals surface area contributed by atoms with Crippen molar-refractivity contribution in [2.75, 3.05) is 6.54 Å². The summed E-state index contributed by atoms with van der Waals surface area (Å²) in [6.45, 7) is 4.70. The third-order valence-electron chi connectivity index (χ3n) is 14.1. The van der Waals surface area contributed by atoms with Crippen molar-refractivity contribution >= 4 is 17.6 Å². The largest absolute Gasteiger partial charge is 0.465 e. The molecule has 5 heterocycles. The Kier molecular flexibility index (Phi) is 11.7. The van der Waals surface area contributed by atoms with E-state index in [4.69, 9.17) is 20.2 Å². The van der Waals surface area contributed by atoms with Crippen LogP contribution in [0.4, 0.5) is 0 Å². The lowest BCUT2D eigenvalue weighted by Gasteiger charge is -2.39. The number of aliphatic hydroxyl groups is 3. The average Bonchev–Trinajstić information content (AvgIpc) is 4.00. The molecule has 9 atom stereocenters. The number of benzene rings is 2. The van der Waals surface area contributed by atoms with Gasteiger partial charge in [0.15, 0.2) is 17.7 Å². The number of hydrogen-bond acceptors (Lipinski definition) is 10. The molecular formula is C51H58N4O6. The standard InChI is InChI=1S/C51H58N4O6/c1-3-4-5-8-37(48(59)38-12-9-31(2)25-45(38)58)44(57)16-10-32-11-18-46-47(26-32)61-50-41(51(22-24-60-46)20-6-7-21-51)15-17-43(56)35-13-14-36-34(19-23-53-49(36)52)39(35)27-33-28-54-42-30-55(50)29-40(33)42/h9,11-14,18-19,23,26,28-29,31,37-38,41,43,45,48-50,53,56,58-59H,3-8,10,16,20-21,25,27,30,52H2,1-2H3/t31-,37-,38-,41+,43+,45-,48+,49+,50+/m1/s1. The van der Waals surface area contributed by atoms with Crippen molar-refractivity contribution in [3.05, 3.63) is 100 Å². The number of hydrogen-bond donors (Lipinski definition) is 5. The SMILES string of the molecule is CCCCC[C@H](C(=O)CCc1ccc2c(c1)O[C@H]1[C@H](C#C[C@H](O)c3ccc4c(c3CC3=CN=C5CN1C=C35)C=CN[C@@H]4N)C1(C#CO2)CCCC1)[C@H](O)[C@@H]1C=C[C@@H](C)C[C@H]1O. The number of nitrogens with zero attached hydrogens (tertiary/aromatic N) is 2. The zero-order valence-corrected chi connectivity index (χ0v) is 35.3. The van der Waals surface area contributed by atoms with Crippen LogP contribution in [0.2, 0.25) is 0 Å². The maximum absolute atomic E-state index is 14.0. The first-order valence-corrected chi connectivity index (χ1v) is 22.4. The number of unbranched alkanes of at least 4 members (excludes halogenated alkanes) is 2. The molecule has 1 spiro atoms. The number of ether oxygens (including phenoxy) is 2. The normalized spacial score (nSPS) is 28.5. The molecule has 7 aliphatic rings. The second-order valence-corrected chi connectivity index (χ2v) is 18.2. The van der Waals surface area contributed by atoms with E-state index in [1.165, 1.54) is 0 Å². The van der Waals surface area contributed by atoms with Gasteiger partial charge in [-0.25, -0.2) is 0 Å². The van der Waals surface area contributed by atoms with Crippen LogP contribution in [0.3, 0.4) is 0 Å². The van der Waals surface area contributed by atoms with Gasteiger partial charge < -0.3 is 40.7 Å². The van der Waals surface area contributed by atoms with E-state index in [9.17, 15) is 20.1 Å². The van der Waals surface area contributed by atoms with E-state index in [0.717, 1.165) is 89.6 Å². The highest BCUT2D eigenvalue weighted by molar-refractivity contribution is 6.09. The van der Waals surface area contributed by atoms with Crippen LogP contribution < -0.4 is 20.5 Å². The Bertz CT molecular complexity index is 2330. The Morgan fingerprint density at radius 3 is 2.75 bits per heavy atom. The highest BCUT2D eigenvalue weighted by Crippen LogP contribution is 2.49. The van der Waals surface area contributed by atoms with Gasteiger partial charge in [-0.3, -0.25) is 9.79 Å². The maximum Gasteiger partial charge on any atom is 0.187 e. The fraction of sp³-hybridized carbons (Fsp3) is 0.490. The lowest BCUT2D eigenvalue weighted by atomic mass is 9.73. The molecule has 9 rings (SSSR count). The molecule has 2 aliphatic carbocycles. The summed E-state index contributed by atoms with van der Waals surface area (Å²) in [6, 6.07) is 9.70. The Balaban J connectivity index is 1.04. The highest BCUT2D eigenvalue weighted by Gasteiger charge is 2.49. The van der Waals surface area contributed by atoms with Crippen LogP contribution in [0, 0.1) is 53.0 Å². The highest BCUT2D eigenvalue weighted by atomic mass is 16.5. The van der Waals surface area contributed by atoms with Gasteiger partial charge in [0.05, 0.1) is 35.8 Å². The zero-order valence-electron chi connectivity index (χ0n) is 35.3. The summed E-state index contributed by atoms with van der Waals surface area (Å²) in [5.74, 6) is 10.2. The number of ketones is 1. The molecule has 0 amide bonds. The van der Waals surface area contributed by atoms with Crippen LogP contribution in [0.25, 0.3) is 6.08 Å². The van der Waals surface area contributed by atoms with Crippen molar-refractivity contribution in [1.29, 1.82) is 0 Å². The van der Waals surface area contributed by atoms with Crippen LogP contribution in [0.5, 0.6) is 11.5 Å². The summed E-state index contributed by atoms with van der Waals surface area (Å²) in [5, 5.41) is 37.7. The summed E-state index contributed by atoms with van der Waals surface area (Å²) in [6.07, 6.45) is 20.2. The average molecular weight is 823 g/mol. The van der Waals surface area contributed by atoms with Gasteiger partial charge in [-0.2, -0.15) is 0 Å². The molecule has 0 unspecified atom stereocenters. The fourth-order valence-corrected chi connectivity index (χ4v) is 10.6. The maximum atomic E-state index is 14.0. The molecule has 2 aromatic carbocycles. The first-order valence-electron chi connectivity index (χ1n) is 22.4. The van der Waals surface area contributed by atoms with Gasteiger partial charge in [0.1, 0.15) is 24.2 Å². The fourth-order valence-electron chi connectivity index (χ4n) is 10.6. The number of aliphatic hydroxyl groups excluding tert-OH is 3. The van der Waals surface area contributed by atoms with Crippen LogP contribution in [-0.2, 0) is 17.6 Å². The molecule has 318 valence electrons. The first-order chi connectivity index (χ1) is 29.6. The summed E-state index contributed by atoms with van der Waals surface area (Å²) in [4.78, 5) is 21.1. The topological polar surface area (TPSA) is 150 Å². The van der Waals surface area contributed by atoms with E-state index >= 15 is 0 Å². The minimum atomic E-state index is -1.07. The van der Waals surface area contributed by atoms with Crippen molar-refractivity contribution in [2.45, 2.75) is 122 Å². The van der Waals surface area contributed by atoms with Crippen molar-refractivity contribution in [3.63, 3.8) is 0 Å². The Morgan fingerprint density at radius 2 is 1.93 bits per heavy atom. The summed E-state index contributed by atoms with van der Waals surface area (Å²) in [7, 11) is 0. The smallest absolute Gasteiger partial charge is 0.187 e. The minimum absolute atomic E-state index is 0.00303. The zero-order chi connectivity index (χ0) is 42.3. The van der Waals surface area contributed by atoms with Crippen molar-refractivity contribution in [2.24, 2.45) is 39.8 Å². The van der Waals surface area contributed by atoms with Crippen LogP contribution >= 0.6 is 0 Å². The number of allylic oxidation sites excluding steroid dienone is 2. The summed E-state index contributed by atoms with van der Waals surface area (Å²) < 4.78 is 13.4. The second-order valence-electron chi connectivity index (χ2n) is 18.2. The van der Waals surface area contributed by atoms with Gasteiger partial charge in [-0.05, 0) is 95.8 Å². The van der Waals surface area contributed by atoms with Crippen molar-refractivity contribution < 1.29 is 29.6 Å². The predicted octanol–water partition coefficient (Wildman–Crippen LogP) is 6.92. The third kappa shape index (κ3) is 8.08. The molecule has 2 bridgehead atoms. The number of Topliss-reactive ketones (excluding diaryl/α,β-unsaturated/α-hetero) is 1.